The Balaban J connectivity index is 1.89. The molecule has 0 unspecified atom stereocenters. The maximum absolute atomic E-state index is 8.66. The molecule has 1 aromatic rings. The van der Waals surface area contributed by atoms with Gasteiger partial charge in [0.15, 0.2) is 0 Å². The lowest BCUT2D eigenvalue weighted by atomic mass is 10.1. The van der Waals surface area contributed by atoms with Gasteiger partial charge in [-0.05, 0) is 55.5 Å². The Morgan fingerprint density at radius 3 is 2.53 bits per heavy atom. The largest absolute Gasteiger partial charge is 0.493 e. The molecule has 1 aliphatic rings. The van der Waals surface area contributed by atoms with E-state index in [0.717, 1.165) is 23.8 Å². The first-order valence-corrected chi connectivity index (χ1v) is 6.21. The van der Waals surface area contributed by atoms with Crippen molar-refractivity contribution in [2.75, 3.05) is 6.61 Å². The number of benzene rings is 1. The third-order valence-corrected chi connectivity index (χ3v) is 3.38. The number of ether oxygens (including phenoxy) is 1. The van der Waals surface area contributed by atoms with Gasteiger partial charge in [-0.2, -0.15) is 0 Å². The highest BCUT2D eigenvalue weighted by atomic mass is 16.5. The molecule has 1 aromatic carbocycles. The van der Waals surface area contributed by atoms with Gasteiger partial charge < -0.3 is 9.94 Å². The quantitative estimate of drug-likeness (QED) is 0.491. The lowest BCUT2D eigenvalue weighted by Crippen LogP contribution is -2.08. The van der Waals surface area contributed by atoms with E-state index in [9.17, 15) is 0 Å². The van der Waals surface area contributed by atoms with Gasteiger partial charge in [0.2, 0.25) is 0 Å². The van der Waals surface area contributed by atoms with Crippen LogP contribution >= 0.6 is 0 Å². The Bertz CT molecular complexity index is 378. The summed E-state index contributed by atoms with van der Waals surface area (Å²) in [5.41, 5.74) is 1.54. The van der Waals surface area contributed by atoms with Crippen molar-refractivity contribution in [3.05, 3.63) is 29.8 Å². The average Bonchev–Trinajstić information content (AvgIpc) is 2.89. The van der Waals surface area contributed by atoms with Crippen LogP contribution in [0.5, 0.6) is 5.75 Å². The summed E-state index contributed by atoms with van der Waals surface area (Å²) in [5, 5.41) is 11.8. The Morgan fingerprint density at radius 2 is 1.94 bits per heavy atom. The summed E-state index contributed by atoms with van der Waals surface area (Å²) in [6.45, 7) is 2.60. The molecule has 0 aromatic heterocycles. The molecule has 0 amide bonds. The minimum Gasteiger partial charge on any atom is -0.493 e. The van der Waals surface area contributed by atoms with Crippen LogP contribution < -0.4 is 4.74 Å². The van der Waals surface area contributed by atoms with Gasteiger partial charge in [-0.3, -0.25) is 0 Å². The Hall–Kier alpha value is -1.51. The van der Waals surface area contributed by atoms with Crippen LogP contribution in [0.15, 0.2) is 29.4 Å². The standard InChI is InChI=1S/C14H19NO2/c1-11(15-16)13-6-8-14(9-7-13)17-10-12-4-2-3-5-12/h6-9,12,16H,2-5,10H2,1H3/b15-11-. The van der Waals surface area contributed by atoms with Gasteiger partial charge in [0, 0.05) is 0 Å². The van der Waals surface area contributed by atoms with E-state index in [1.807, 2.05) is 24.3 Å². The SMILES string of the molecule is C/C(=N/O)c1ccc(OCC2CCCC2)cc1. The lowest BCUT2D eigenvalue weighted by Gasteiger charge is -2.11. The second-order valence-electron chi connectivity index (χ2n) is 4.67. The fraction of sp³-hybridized carbons (Fsp3) is 0.500. The maximum atomic E-state index is 8.66. The van der Waals surface area contributed by atoms with Crippen LogP contribution in [0.2, 0.25) is 0 Å². The van der Waals surface area contributed by atoms with Crippen LogP contribution in [-0.4, -0.2) is 17.5 Å². The summed E-state index contributed by atoms with van der Waals surface area (Å²) in [7, 11) is 0. The van der Waals surface area contributed by atoms with Crippen molar-refractivity contribution in [2.24, 2.45) is 11.1 Å². The molecule has 2 rings (SSSR count). The number of nitrogens with zero attached hydrogens (tertiary/aromatic N) is 1. The van der Waals surface area contributed by atoms with E-state index in [4.69, 9.17) is 9.94 Å². The first-order chi connectivity index (χ1) is 8.29. The van der Waals surface area contributed by atoms with Crippen molar-refractivity contribution in [2.45, 2.75) is 32.6 Å². The maximum Gasteiger partial charge on any atom is 0.119 e. The fourth-order valence-electron chi connectivity index (χ4n) is 2.24. The zero-order valence-electron chi connectivity index (χ0n) is 10.2. The minimum atomic E-state index is 0.618. The van der Waals surface area contributed by atoms with Gasteiger partial charge in [0.1, 0.15) is 5.75 Å². The third kappa shape index (κ3) is 3.22. The molecule has 0 atom stereocenters. The number of hydrogen-bond donors (Lipinski definition) is 1. The first-order valence-electron chi connectivity index (χ1n) is 6.21. The minimum absolute atomic E-state index is 0.618. The summed E-state index contributed by atoms with van der Waals surface area (Å²) in [6.07, 6.45) is 5.29. The van der Waals surface area contributed by atoms with Gasteiger partial charge in [-0.15, -0.1) is 0 Å². The van der Waals surface area contributed by atoms with E-state index >= 15 is 0 Å². The summed E-state index contributed by atoms with van der Waals surface area (Å²) in [4.78, 5) is 0. The van der Waals surface area contributed by atoms with Crippen LogP contribution in [0.4, 0.5) is 0 Å². The van der Waals surface area contributed by atoms with E-state index in [1.165, 1.54) is 25.7 Å². The van der Waals surface area contributed by atoms with Gasteiger partial charge in [0.25, 0.3) is 0 Å². The van der Waals surface area contributed by atoms with E-state index in [2.05, 4.69) is 5.16 Å². The molecule has 0 radical (unpaired) electrons. The molecule has 1 N–H and O–H groups in total. The number of rotatable bonds is 4. The molecule has 92 valence electrons. The van der Waals surface area contributed by atoms with Crippen molar-refractivity contribution in [3.8, 4) is 5.75 Å². The van der Waals surface area contributed by atoms with Crippen LogP contribution in [0.3, 0.4) is 0 Å². The summed E-state index contributed by atoms with van der Waals surface area (Å²) < 4.78 is 5.76. The van der Waals surface area contributed by atoms with Crippen molar-refractivity contribution in [1.29, 1.82) is 0 Å². The Morgan fingerprint density at radius 1 is 1.29 bits per heavy atom. The average molecular weight is 233 g/mol. The van der Waals surface area contributed by atoms with Gasteiger partial charge in [-0.25, -0.2) is 0 Å². The molecule has 0 spiro atoms. The summed E-state index contributed by atoms with van der Waals surface area (Å²) >= 11 is 0. The van der Waals surface area contributed by atoms with Crippen molar-refractivity contribution in [1.82, 2.24) is 0 Å². The van der Waals surface area contributed by atoms with Crippen molar-refractivity contribution < 1.29 is 9.94 Å². The van der Waals surface area contributed by atoms with E-state index in [1.54, 1.807) is 6.92 Å². The van der Waals surface area contributed by atoms with Crippen molar-refractivity contribution in [3.63, 3.8) is 0 Å². The summed E-state index contributed by atoms with van der Waals surface area (Å²) in [6, 6.07) is 7.69. The highest BCUT2D eigenvalue weighted by Crippen LogP contribution is 2.25. The van der Waals surface area contributed by atoms with Crippen LogP contribution in [0.1, 0.15) is 38.2 Å². The van der Waals surface area contributed by atoms with E-state index in [-0.39, 0.29) is 0 Å². The molecule has 0 heterocycles. The molecule has 0 bridgehead atoms. The van der Waals surface area contributed by atoms with Crippen LogP contribution in [0.25, 0.3) is 0 Å². The lowest BCUT2D eigenvalue weighted by molar-refractivity contribution is 0.252. The molecule has 1 fully saturated rings. The second kappa shape index (κ2) is 5.71. The molecule has 1 saturated carbocycles. The van der Waals surface area contributed by atoms with Crippen LogP contribution in [-0.2, 0) is 0 Å². The first kappa shape index (κ1) is 12.0. The Labute approximate surface area is 102 Å². The molecule has 0 aliphatic heterocycles. The molecule has 0 saturated heterocycles. The Kier molecular flexibility index (Phi) is 4.02. The number of oxime groups is 1. The predicted octanol–water partition coefficient (Wildman–Crippen LogP) is 3.45. The topological polar surface area (TPSA) is 41.8 Å². The van der Waals surface area contributed by atoms with Crippen LogP contribution in [0, 0.1) is 5.92 Å². The molecule has 17 heavy (non-hydrogen) atoms. The molecule has 3 heteroatoms. The highest BCUT2D eigenvalue weighted by Gasteiger charge is 2.15. The molecular weight excluding hydrogens is 214 g/mol. The fourth-order valence-corrected chi connectivity index (χ4v) is 2.24. The normalized spacial score (nSPS) is 17.4. The van der Waals surface area contributed by atoms with Gasteiger partial charge in [-0.1, -0.05) is 18.0 Å². The predicted molar refractivity (Wildman–Crippen MR) is 67.9 cm³/mol. The van der Waals surface area contributed by atoms with Gasteiger partial charge in [0.05, 0.1) is 12.3 Å². The van der Waals surface area contributed by atoms with Gasteiger partial charge >= 0.3 is 0 Å². The molecule has 3 nitrogen and oxygen atoms in total. The molecular formula is C14H19NO2. The highest BCUT2D eigenvalue weighted by molar-refractivity contribution is 5.98. The van der Waals surface area contributed by atoms with Crippen molar-refractivity contribution >= 4 is 5.71 Å². The third-order valence-electron chi connectivity index (χ3n) is 3.38. The monoisotopic (exact) mass is 233 g/mol. The molecule has 1 aliphatic carbocycles. The van der Waals surface area contributed by atoms with E-state index < -0.39 is 0 Å². The second-order valence-corrected chi connectivity index (χ2v) is 4.67. The number of hydrogen-bond acceptors (Lipinski definition) is 3. The van der Waals surface area contributed by atoms with E-state index in [0.29, 0.717) is 5.71 Å². The summed E-state index contributed by atoms with van der Waals surface area (Å²) in [5.74, 6) is 1.63. The smallest absolute Gasteiger partial charge is 0.119 e. The zero-order valence-corrected chi connectivity index (χ0v) is 10.2. The zero-order chi connectivity index (χ0) is 12.1.